The number of aromatic nitrogens is 3. The average Bonchev–Trinajstić information content (AvgIpc) is 3.65. The number of likely N-dealkylation sites (tertiary alicyclic amines) is 1. The van der Waals surface area contributed by atoms with E-state index in [1.54, 1.807) is 6.20 Å². The quantitative estimate of drug-likeness (QED) is 0.689. The van der Waals surface area contributed by atoms with E-state index in [2.05, 4.69) is 10.3 Å². The zero-order valence-corrected chi connectivity index (χ0v) is 16.9. The lowest BCUT2D eigenvalue weighted by Gasteiger charge is -2.32. The first-order chi connectivity index (χ1) is 14.8. The molecule has 1 aromatic carbocycles. The van der Waals surface area contributed by atoms with Crippen molar-refractivity contribution in [3.8, 4) is 11.3 Å². The third-order valence-electron chi connectivity index (χ3n) is 5.77. The molecule has 5 rings (SSSR count). The van der Waals surface area contributed by atoms with Gasteiger partial charge in [-0.3, -0.25) is 9.78 Å². The van der Waals surface area contributed by atoms with Crippen LogP contribution in [0.2, 0.25) is 0 Å². The molecule has 152 valence electrons. The van der Waals surface area contributed by atoms with Crippen molar-refractivity contribution >= 4 is 17.4 Å². The highest BCUT2D eigenvalue weighted by atomic mass is 16.2. The van der Waals surface area contributed by atoms with Crippen LogP contribution in [0.3, 0.4) is 0 Å². The number of pyridine rings is 1. The number of hydrogen-bond donors (Lipinski definition) is 1. The normalized spacial score (nSPS) is 18.8. The molecule has 2 aliphatic rings. The van der Waals surface area contributed by atoms with Crippen molar-refractivity contribution in [1.29, 1.82) is 0 Å². The Morgan fingerprint density at radius 3 is 2.67 bits per heavy atom. The van der Waals surface area contributed by atoms with Crippen molar-refractivity contribution in [2.45, 2.75) is 31.6 Å². The van der Waals surface area contributed by atoms with E-state index in [4.69, 9.17) is 9.97 Å². The molecule has 6 heteroatoms. The van der Waals surface area contributed by atoms with Gasteiger partial charge in [-0.15, -0.1) is 0 Å². The van der Waals surface area contributed by atoms with E-state index in [0.717, 1.165) is 60.8 Å². The second-order valence-electron chi connectivity index (χ2n) is 8.13. The summed E-state index contributed by atoms with van der Waals surface area (Å²) in [5, 5.41) is 3.40. The Bertz CT molecular complexity index is 1020. The van der Waals surface area contributed by atoms with Gasteiger partial charge >= 0.3 is 0 Å². The highest BCUT2D eigenvalue weighted by Crippen LogP contribution is 2.34. The van der Waals surface area contributed by atoms with Crippen LogP contribution in [0.15, 0.2) is 60.9 Å². The lowest BCUT2D eigenvalue weighted by atomic mass is 9.96. The van der Waals surface area contributed by atoms with Gasteiger partial charge in [-0.25, -0.2) is 9.97 Å². The molecule has 1 saturated carbocycles. The van der Waals surface area contributed by atoms with Gasteiger partial charge in [-0.05, 0) is 49.9 Å². The van der Waals surface area contributed by atoms with E-state index in [9.17, 15) is 4.79 Å². The molecule has 1 aliphatic carbocycles. The molecule has 0 radical (unpaired) electrons. The predicted molar refractivity (Wildman–Crippen MR) is 116 cm³/mol. The Morgan fingerprint density at radius 2 is 1.90 bits per heavy atom. The first-order valence-electron chi connectivity index (χ1n) is 10.7. The topological polar surface area (TPSA) is 71.0 Å². The number of anilines is 2. The maximum atomic E-state index is 12.6. The van der Waals surface area contributed by atoms with Gasteiger partial charge in [0.2, 0.25) is 5.91 Å². The first kappa shape index (κ1) is 18.7. The van der Waals surface area contributed by atoms with Crippen LogP contribution in [0.1, 0.15) is 37.4 Å². The van der Waals surface area contributed by atoms with Crippen molar-refractivity contribution in [1.82, 2.24) is 19.9 Å². The molecule has 2 fully saturated rings. The van der Waals surface area contributed by atoms with Crippen molar-refractivity contribution in [3.05, 3.63) is 66.7 Å². The standard InChI is InChI=1S/C24H25N5O/c30-24(17-10-11-17)29-13-5-7-19(16-29)23-27-21(18-6-4-12-25-15-18)14-22(28-23)26-20-8-2-1-3-9-20/h1-4,6,8-9,12,14-15,17,19H,5,7,10-11,13,16H2,(H,26,27,28)/t19-/m1/s1. The van der Waals surface area contributed by atoms with Crippen molar-refractivity contribution in [3.63, 3.8) is 0 Å². The molecule has 1 aliphatic heterocycles. The lowest BCUT2D eigenvalue weighted by Crippen LogP contribution is -2.40. The predicted octanol–water partition coefficient (Wildman–Crippen LogP) is 4.40. The van der Waals surface area contributed by atoms with Gasteiger partial charge in [0.25, 0.3) is 0 Å². The fourth-order valence-electron chi connectivity index (χ4n) is 4.02. The van der Waals surface area contributed by atoms with E-state index < -0.39 is 0 Å². The summed E-state index contributed by atoms with van der Waals surface area (Å²) < 4.78 is 0. The van der Waals surface area contributed by atoms with Gasteiger partial charge in [0, 0.05) is 54.6 Å². The molecule has 1 saturated heterocycles. The van der Waals surface area contributed by atoms with E-state index in [1.807, 2.05) is 59.6 Å². The van der Waals surface area contributed by atoms with Crippen LogP contribution >= 0.6 is 0 Å². The minimum Gasteiger partial charge on any atom is -0.342 e. The minimum absolute atomic E-state index is 0.148. The van der Waals surface area contributed by atoms with E-state index >= 15 is 0 Å². The number of carbonyl (C=O) groups excluding carboxylic acids is 1. The van der Waals surface area contributed by atoms with Gasteiger partial charge in [0.15, 0.2) is 0 Å². The molecule has 0 bridgehead atoms. The van der Waals surface area contributed by atoms with E-state index in [1.165, 1.54) is 0 Å². The van der Waals surface area contributed by atoms with Crippen LogP contribution in [0.4, 0.5) is 11.5 Å². The molecule has 1 N–H and O–H groups in total. The molecule has 1 amide bonds. The zero-order valence-electron chi connectivity index (χ0n) is 16.9. The second-order valence-corrected chi connectivity index (χ2v) is 8.13. The molecular formula is C24H25N5O. The Kier molecular flexibility index (Phi) is 5.13. The number of hydrogen-bond acceptors (Lipinski definition) is 5. The fourth-order valence-corrected chi connectivity index (χ4v) is 4.02. The monoisotopic (exact) mass is 399 g/mol. The third kappa shape index (κ3) is 4.17. The molecule has 1 atom stereocenters. The fraction of sp³-hybridized carbons (Fsp3) is 0.333. The van der Waals surface area contributed by atoms with Crippen LogP contribution in [0.25, 0.3) is 11.3 Å². The average molecular weight is 399 g/mol. The summed E-state index contributed by atoms with van der Waals surface area (Å²) in [6.07, 6.45) is 7.65. The molecule has 3 heterocycles. The van der Waals surface area contributed by atoms with Crippen molar-refractivity contribution < 1.29 is 4.79 Å². The van der Waals surface area contributed by atoms with Crippen molar-refractivity contribution in [2.24, 2.45) is 5.92 Å². The van der Waals surface area contributed by atoms with Crippen LogP contribution in [-0.2, 0) is 4.79 Å². The van der Waals surface area contributed by atoms with E-state index in [0.29, 0.717) is 12.5 Å². The lowest BCUT2D eigenvalue weighted by molar-refractivity contribution is -0.133. The smallest absolute Gasteiger partial charge is 0.225 e. The Hall–Kier alpha value is -3.28. The van der Waals surface area contributed by atoms with Crippen molar-refractivity contribution in [2.75, 3.05) is 18.4 Å². The number of amides is 1. The Labute approximate surface area is 176 Å². The number of para-hydroxylation sites is 1. The molecule has 3 aromatic rings. The highest BCUT2D eigenvalue weighted by Gasteiger charge is 2.36. The number of rotatable bonds is 5. The van der Waals surface area contributed by atoms with Crippen LogP contribution < -0.4 is 5.32 Å². The molecule has 6 nitrogen and oxygen atoms in total. The maximum absolute atomic E-state index is 12.6. The zero-order chi connectivity index (χ0) is 20.3. The molecule has 0 unspecified atom stereocenters. The number of piperidine rings is 1. The van der Waals surface area contributed by atoms with Crippen LogP contribution in [-0.4, -0.2) is 38.8 Å². The van der Waals surface area contributed by atoms with Gasteiger partial charge in [-0.2, -0.15) is 0 Å². The SMILES string of the molecule is O=C(C1CC1)N1CCC[C@@H](c2nc(Nc3ccccc3)cc(-c3cccnc3)n2)C1. The maximum Gasteiger partial charge on any atom is 0.225 e. The van der Waals surface area contributed by atoms with Gasteiger partial charge in [0.05, 0.1) is 5.69 Å². The van der Waals surface area contributed by atoms with Gasteiger partial charge in [0.1, 0.15) is 11.6 Å². The number of carbonyl (C=O) groups is 1. The molecule has 30 heavy (non-hydrogen) atoms. The summed E-state index contributed by atoms with van der Waals surface area (Å²) in [5.41, 5.74) is 2.78. The summed E-state index contributed by atoms with van der Waals surface area (Å²) in [4.78, 5) is 28.6. The summed E-state index contributed by atoms with van der Waals surface area (Å²) in [6.45, 7) is 1.56. The largest absolute Gasteiger partial charge is 0.342 e. The molecule has 2 aromatic heterocycles. The Balaban J connectivity index is 1.47. The summed E-state index contributed by atoms with van der Waals surface area (Å²) >= 11 is 0. The first-order valence-corrected chi connectivity index (χ1v) is 10.7. The van der Waals surface area contributed by atoms with Crippen LogP contribution in [0.5, 0.6) is 0 Å². The molecule has 0 spiro atoms. The van der Waals surface area contributed by atoms with Gasteiger partial charge in [-0.1, -0.05) is 18.2 Å². The third-order valence-corrected chi connectivity index (χ3v) is 5.77. The second kappa shape index (κ2) is 8.22. The number of nitrogens with zero attached hydrogens (tertiary/aromatic N) is 4. The summed E-state index contributed by atoms with van der Waals surface area (Å²) in [5.74, 6) is 2.26. The highest BCUT2D eigenvalue weighted by molar-refractivity contribution is 5.81. The summed E-state index contributed by atoms with van der Waals surface area (Å²) in [6, 6.07) is 15.9. The number of nitrogens with one attached hydrogen (secondary N) is 1. The Morgan fingerprint density at radius 1 is 1.03 bits per heavy atom. The number of benzene rings is 1. The van der Waals surface area contributed by atoms with Gasteiger partial charge < -0.3 is 10.2 Å². The van der Waals surface area contributed by atoms with E-state index in [-0.39, 0.29) is 11.8 Å². The summed E-state index contributed by atoms with van der Waals surface area (Å²) in [7, 11) is 0. The van der Waals surface area contributed by atoms with Crippen LogP contribution in [0, 0.1) is 5.92 Å². The molecular weight excluding hydrogens is 374 g/mol. The minimum atomic E-state index is 0.148.